The van der Waals surface area contributed by atoms with Gasteiger partial charge in [0.1, 0.15) is 0 Å². The van der Waals surface area contributed by atoms with Gasteiger partial charge in [-0.05, 0) is 12.5 Å². The molecule has 1 fully saturated rings. The van der Waals surface area contributed by atoms with E-state index in [1.54, 1.807) is 0 Å². The molecule has 0 radical (unpaired) electrons. The maximum atomic E-state index is 9.91. The summed E-state index contributed by atoms with van der Waals surface area (Å²) in [6.07, 6.45) is 0.538. The second-order valence-corrected chi connectivity index (χ2v) is 4.62. The van der Waals surface area contributed by atoms with Gasteiger partial charge in [0.2, 0.25) is 0 Å². The summed E-state index contributed by atoms with van der Waals surface area (Å²) in [6.45, 7) is 1.43. The van der Waals surface area contributed by atoms with Crippen molar-refractivity contribution in [2.24, 2.45) is 5.92 Å². The Balaban J connectivity index is 2.07. The molecule has 72 valence electrons. The van der Waals surface area contributed by atoms with Crippen molar-refractivity contribution in [3.05, 3.63) is 21.3 Å². The van der Waals surface area contributed by atoms with Crippen LogP contribution in [0.1, 0.15) is 17.4 Å². The molecule has 2 atom stereocenters. The first-order valence-electron chi connectivity index (χ1n) is 4.27. The van der Waals surface area contributed by atoms with E-state index in [2.05, 4.69) is 0 Å². The number of hydrogen-bond donors (Lipinski definition) is 1. The van der Waals surface area contributed by atoms with Crippen molar-refractivity contribution in [3.63, 3.8) is 0 Å². The van der Waals surface area contributed by atoms with Crippen LogP contribution in [0.2, 0.25) is 5.02 Å². The lowest BCUT2D eigenvalue weighted by molar-refractivity contribution is 0.0945. The second-order valence-electron chi connectivity index (χ2n) is 3.24. The first kappa shape index (κ1) is 9.46. The Bertz CT molecular complexity index is 281. The number of halogens is 1. The third-order valence-electron chi connectivity index (χ3n) is 2.29. The van der Waals surface area contributed by atoms with Crippen molar-refractivity contribution in [2.45, 2.75) is 12.5 Å². The van der Waals surface area contributed by atoms with E-state index in [1.165, 1.54) is 11.3 Å². The molecule has 2 nitrogen and oxygen atoms in total. The van der Waals surface area contributed by atoms with Crippen LogP contribution in [-0.2, 0) is 4.74 Å². The first-order chi connectivity index (χ1) is 6.27. The molecule has 13 heavy (non-hydrogen) atoms. The smallest absolute Gasteiger partial charge is 0.0933 e. The number of aliphatic hydroxyl groups excluding tert-OH is 1. The van der Waals surface area contributed by atoms with E-state index in [0.717, 1.165) is 17.9 Å². The van der Waals surface area contributed by atoms with Crippen LogP contribution in [0.4, 0.5) is 0 Å². The van der Waals surface area contributed by atoms with Crippen molar-refractivity contribution in [1.29, 1.82) is 0 Å². The molecule has 2 rings (SSSR count). The van der Waals surface area contributed by atoms with Gasteiger partial charge >= 0.3 is 0 Å². The molecule has 1 aliphatic heterocycles. The SMILES string of the molecule is OC(c1cc(Cl)cs1)C1CCOC1. The molecule has 2 heterocycles. The van der Waals surface area contributed by atoms with Crippen LogP contribution in [0.5, 0.6) is 0 Å². The van der Waals surface area contributed by atoms with Crippen LogP contribution < -0.4 is 0 Å². The molecule has 1 aromatic heterocycles. The zero-order chi connectivity index (χ0) is 9.26. The minimum Gasteiger partial charge on any atom is -0.387 e. The largest absolute Gasteiger partial charge is 0.387 e. The Hall–Kier alpha value is -0.0900. The summed E-state index contributed by atoms with van der Waals surface area (Å²) >= 11 is 7.29. The van der Waals surface area contributed by atoms with E-state index in [0.29, 0.717) is 11.6 Å². The van der Waals surface area contributed by atoms with Gasteiger partial charge in [0.15, 0.2) is 0 Å². The molecule has 4 heteroatoms. The van der Waals surface area contributed by atoms with Gasteiger partial charge in [-0.15, -0.1) is 11.3 Å². The average molecular weight is 219 g/mol. The van der Waals surface area contributed by atoms with Gasteiger partial charge in [-0.2, -0.15) is 0 Å². The number of ether oxygens (including phenoxy) is 1. The van der Waals surface area contributed by atoms with Gasteiger partial charge < -0.3 is 9.84 Å². The van der Waals surface area contributed by atoms with Crippen molar-refractivity contribution in [3.8, 4) is 0 Å². The van der Waals surface area contributed by atoms with Gasteiger partial charge in [-0.25, -0.2) is 0 Å². The van der Waals surface area contributed by atoms with Crippen LogP contribution in [0, 0.1) is 5.92 Å². The van der Waals surface area contributed by atoms with Gasteiger partial charge in [-0.3, -0.25) is 0 Å². The predicted molar refractivity (Wildman–Crippen MR) is 53.2 cm³/mol. The Morgan fingerprint density at radius 1 is 1.69 bits per heavy atom. The summed E-state index contributed by atoms with van der Waals surface area (Å²) in [5.41, 5.74) is 0. The molecule has 2 unspecified atom stereocenters. The lowest BCUT2D eigenvalue weighted by atomic mass is 10.0. The van der Waals surface area contributed by atoms with Crippen LogP contribution in [0.25, 0.3) is 0 Å². The summed E-state index contributed by atoms with van der Waals surface area (Å²) in [5, 5.41) is 12.5. The quantitative estimate of drug-likeness (QED) is 0.827. The zero-order valence-electron chi connectivity index (χ0n) is 7.07. The van der Waals surface area contributed by atoms with Crippen molar-refractivity contribution in [2.75, 3.05) is 13.2 Å². The van der Waals surface area contributed by atoms with Gasteiger partial charge in [0.25, 0.3) is 0 Å². The monoisotopic (exact) mass is 218 g/mol. The average Bonchev–Trinajstić information content (AvgIpc) is 2.72. The van der Waals surface area contributed by atoms with Crippen LogP contribution in [0.15, 0.2) is 11.4 Å². The van der Waals surface area contributed by atoms with Gasteiger partial charge in [-0.1, -0.05) is 11.6 Å². The highest BCUT2D eigenvalue weighted by Gasteiger charge is 2.26. The van der Waals surface area contributed by atoms with E-state index in [-0.39, 0.29) is 5.92 Å². The standard InChI is InChI=1S/C9H11ClO2S/c10-7-3-8(13-5-7)9(11)6-1-2-12-4-6/h3,5-6,9,11H,1-2,4H2. The Morgan fingerprint density at radius 3 is 3.08 bits per heavy atom. The number of aliphatic hydroxyl groups is 1. The van der Waals surface area contributed by atoms with E-state index in [1.807, 2.05) is 11.4 Å². The number of rotatable bonds is 2. The summed E-state index contributed by atoms with van der Waals surface area (Å²) in [7, 11) is 0. The van der Waals surface area contributed by atoms with Crippen LogP contribution in [-0.4, -0.2) is 18.3 Å². The van der Waals surface area contributed by atoms with Crippen LogP contribution in [0.3, 0.4) is 0 Å². The zero-order valence-corrected chi connectivity index (χ0v) is 8.64. The molecule has 0 aromatic carbocycles. The summed E-state index contributed by atoms with van der Waals surface area (Å²) < 4.78 is 5.22. The lowest BCUT2D eigenvalue weighted by Crippen LogP contribution is -2.10. The predicted octanol–water partition coefficient (Wildman–Crippen LogP) is 2.47. The number of thiophene rings is 1. The maximum absolute atomic E-state index is 9.91. The molecular weight excluding hydrogens is 208 g/mol. The Morgan fingerprint density at radius 2 is 2.54 bits per heavy atom. The van der Waals surface area contributed by atoms with E-state index >= 15 is 0 Å². The number of hydrogen-bond acceptors (Lipinski definition) is 3. The fourth-order valence-corrected chi connectivity index (χ4v) is 2.68. The molecule has 1 saturated heterocycles. The maximum Gasteiger partial charge on any atom is 0.0933 e. The molecule has 0 saturated carbocycles. The Kier molecular flexibility index (Phi) is 2.89. The molecule has 1 aromatic rings. The fourth-order valence-electron chi connectivity index (χ4n) is 1.52. The molecule has 0 spiro atoms. The second kappa shape index (κ2) is 3.96. The summed E-state index contributed by atoms with van der Waals surface area (Å²) in [6, 6.07) is 1.83. The molecule has 0 bridgehead atoms. The topological polar surface area (TPSA) is 29.5 Å². The highest BCUT2D eigenvalue weighted by Crippen LogP contribution is 2.33. The van der Waals surface area contributed by atoms with Crippen LogP contribution >= 0.6 is 22.9 Å². The molecule has 1 N–H and O–H groups in total. The van der Waals surface area contributed by atoms with Gasteiger partial charge in [0, 0.05) is 22.8 Å². The van der Waals surface area contributed by atoms with E-state index < -0.39 is 6.10 Å². The summed E-state index contributed by atoms with van der Waals surface area (Å²) in [5.74, 6) is 0.245. The molecule has 0 aliphatic carbocycles. The van der Waals surface area contributed by atoms with E-state index in [9.17, 15) is 5.11 Å². The first-order valence-corrected chi connectivity index (χ1v) is 5.53. The van der Waals surface area contributed by atoms with Crippen molar-refractivity contribution in [1.82, 2.24) is 0 Å². The summed E-state index contributed by atoms with van der Waals surface area (Å²) in [4.78, 5) is 0.945. The van der Waals surface area contributed by atoms with E-state index in [4.69, 9.17) is 16.3 Å². The van der Waals surface area contributed by atoms with Crippen molar-refractivity contribution >= 4 is 22.9 Å². The minimum absolute atomic E-state index is 0.245. The highest BCUT2D eigenvalue weighted by atomic mass is 35.5. The highest BCUT2D eigenvalue weighted by molar-refractivity contribution is 7.10. The Labute approximate surface area is 86.1 Å². The molecule has 0 amide bonds. The molecule has 1 aliphatic rings. The third-order valence-corrected chi connectivity index (χ3v) is 3.64. The van der Waals surface area contributed by atoms with Crippen molar-refractivity contribution < 1.29 is 9.84 Å². The minimum atomic E-state index is -0.403. The fraction of sp³-hybridized carbons (Fsp3) is 0.556. The molecular formula is C9H11ClO2S. The normalized spacial score (nSPS) is 24.9. The third kappa shape index (κ3) is 2.05. The van der Waals surface area contributed by atoms with Gasteiger partial charge in [0.05, 0.1) is 17.7 Å². The lowest BCUT2D eigenvalue weighted by Gasteiger charge is -2.13.